The van der Waals surface area contributed by atoms with Crippen LogP contribution in [0.5, 0.6) is 0 Å². The van der Waals surface area contributed by atoms with E-state index in [4.69, 9.17) is 15.1 Å². The molecular weight excluding hydrogens is 252 g/mol. The number of nitrogens with zero attached hydrogens (tertiary/aromatic N) is 3. The van der Waals surface area contributed by atoms with Crippen LogP contribution in [0.25, 0.3) is 0 Å². The molecule has 0 aromatic carbocycles. The average Bonchev–Trinajstić information content (AvgIpc) is 2.21. The van der Waals surface area contributed by atoms with Crippen LogP contribution in [0.1, 0.15) is 20.3 Å². The predicted octanol–water partition coefficient (Wildman–Crippen LogP) is 2.87. The molecule has 0 saturated heterocycles. The maximum absolute atomic E-state index is 8.18. The smallest absolute Gasteiger partial charge is 0.243 e. The van der Waals surface area contributed by atoms with E-state index in [-0.39, 0.29) is 11.8 Å². The second-order valence-corrected chi connectivity index (χ2v) is 10.1. The van der Waals surface area contributed by atoms with Crippen molar-refractivity contribution in [3.63, 3.8) is 0 Å². The first kappa shape index (κ1) is 14.8. The van der Waals surface area contributed by atoms with Gasteiger partial charge in [0.1, 0.15) is 5.54 Å². The van der Waals surface area contributed by atoms with Crippen LogP contribution in [-0.4, -0.2) is 30.8 Å². The molecule has 0 spiro atoms. The molecule has 18 heavy (non-hydrogen) atoms. The van der Waals surface area contributed by atoms with E-state index in [0.717, 1.165) is 0 Å². The van der Waals surface area contributed by atoms with Gasteiger partial charge < -0.3 is 4.43 Å². The molecule has 2 atom stereocenters. The maximum Gasteiger partial charge on any atom is 0.243 e. The molecule has 2 unspecified atom stereocenters. The summed E-state index contributed by atoms with van der Waals surface area (Å²) in [6, 6.07) is 0. The molecule has 0 radical (unpaired) electrons. The van der Waals surface area contributed by atoms with Crippen molar-refractivity contribution in [2.75, 3.05) is 0 Å². The van der Waals surface area contributed by atoms with Crippen LogP contribution in [0.15, 0.2) is 15.4 Å². The fourth-order valence-corrected chi connectivity index (χ4v) is 2.63. The van der Waals surface area contributed by atoms with Gasteiger partial charge in [0.25, 0.3) is 0 Å². The average molecular weight is 272 g/mol. The molecule has 0 aliphatic carbocycles. The molecule has 0 bridgehead atoms. The minimum atomic E-state index is -1.73. The second-order valence-electron chi connectivity index (χ2n) is 5.66. The van der Waals surface area contributed by atoms with E-state index >= 15 is 0 Å². The van der Waals surface area contributed by atoms with Gasteiger partial charge in [-0.2, -0.15) is 5.26 Å². The minimum absolute atomic E-state index is 0.0495. The highest BCUT2D eigenvalue weighted by Gasteiger charge is 2.40. The summed E-state index contributed by atoms with van der Waals surface area (Å²) in [5.41, 5.74) is -0.881. The van der Waals surface area contributed by atoms with Crippen LogP contribution >= 0.6 is 0 Å². The third kappa shape index (κ3) is 3.60. The molecule has 0 aromatic rings. The number of nitrogens with one attached hydrogen (secondary N) is 1. The Morgan fingerprint density at radius 3 is 2.61 bits per heavy atom. The molecule has 1 rings (SSSR count). The highest BCUT2D eigenvalue weighted by atomic mass is 28.4. The Hall–Kier alpha value is -1.28. The van der Waals surface area contributed by atoms with Crippen LogP contribution < -0.4 is 0 Å². The molecule has 1 heterocycles. The van der Waals surface area contributed by atoms with E-state index in [2.05, 4.69) is 40.0 Å². The normalized spacial score (nSPS) is 29.3. The summed E-state index contributed by atoms with van der Waals surface area (Å²) in [4.78, 5) is 7.77. The zero-order valence-corrected chi connectivity index (χ0v) is 12.4. The van der Waals surface area contributed by atoms with Crippen LogP contribution in [0.4, 0.5) is 0 Å². The number of rotatable bonds is 3. The highest BCUT2D eigenvalue weighted by molar-refractivity contribution is 6.71. The molecule has 0 fully saturated rings. The van der Waals surface area contributed by atoms with Gasteiger partial charge in [-0.25, -0.2) is 9.98 Å². The Kier molecular flexibility index (Phi) is 4.23. The van der Waals surface area contributed by atoms with E-state index in [1.54, 1.807) is 6.92 Å². The molecule has 2 N–H and O–H groups in total. The molecule has 8 heteroatoms. The fraction of sp³-hybridized carbons (Fsp3) is 0.800. The summed E-state index contributed by atoms with van der Waals surface area (Å²) in [7, 11) is -1.73. The predicted molar refractivity (Wildman–Crippen MR) is 70.3 cm³/mol. The zero-order valence-electron chi connectivity index (χ0n) is 11.4. The van der Waals surface area contributed by atoms with Gasteiger partial charge in [-0.15, -0.1) is 5.11 Å². The van der Waals surface area contributed by atoms with Crippen molar-refractivity contribution in [1.29, 1.82) is 5.41 Å². The van der Waals surface area contributed by atoms with E-state index in [9.17, 15) is 0 Å². The van der Waals surface area contributed by atoms with Crippen molar-refractivity contribution in [2.24, 2.45) is 21.3 Å². The summed E-state index contributed by atoms with van der Waals surface area (Å²) in [6.45, 7) is 9.90. The third-order valence-electron chi connectivity index (χ3n) is 2.57. The van der Waals surface area contributed by atoms with Crippen LogP contribution in [0.3, 0.4) is 0 Å². The lowest BCUT2D eigenvalue weighted by Crippen LogP contribution is -2.43. The first-order valence-electron chi connectivity index (χ1n) is 5.77. The molecule has 102 valence electrons. The number of hydrogen-bond acceptors (Lipinski definition) is 6. The van der Waals surface area contributed by atoms with Crippen LogP contribution in [0, 0.1) is 11.3 Å². The van der Waals surface area contributed by atoms with Crippen molar-refractivity contribution in [1.82, 2.24) is 0 Å². The Balaban J connectivity index is 2.93. The van der Waals surface area contributed by atoms with Crippen LogP contribution in [-0.2, 0) is 9.41 Å². The summed E-state index contributed by atoms with van der Waals surface area (Å²) < 4.78 is 5.85. The first-order chi connectivity index (χ1) is 8.18. The van der Waals surface area contributed by atoms with Gasteiger partial charge in [0.05, 0.1) is 5.28 Å². The van der Waals surface area contributed by atoms with Crippen LogP contribution in [0.2, 0.25) is 19.6 Å². The SMILES string of the molecule is CC1CC(C)(N=NOO)C(=N)N=C1O[Si](C)(C)C. The lowest BCUT2D eigenvalue weighted by Gasteiger charge is -2.33. The van der Waals surface area contributed by atoms with Gasteiger partial charge in [0, 0.05) is 5.92 Å². The minimum Gasteiger partial charge on any atom is -0.534 e. The summed E-state index contributed by atoms with van der Waals surface area (Å²) in [6.07, 6.45) is 0.544. The maximum atomic E-state index is 8.18. The molecule has 0 amide bonds. The van der Waals surface area contributed by atoms with Crippen molar-refractivity contribution in [3.8, 4) is 0 Å². The summed E-state index contributed by atoms with van der Waals surface area (Å²) >= 11 is 0. The van der Waals surface area contributed by atoms with Crippen molar-refractivity contribution < 1.29 is 14.7 Å². The number of aliphatic imine (C=N–C) groups is 1. The fourth-order valence-electron chi connectivity index (χ4n) is 1.75. The van der Waals surface area contributed by atoms with Gasteiger partial charge in [-0.3, -0.25) is 5.41 Å². The van der Waals surface area contributed by atoms with E-state index in [0.29, 0.717) is 12.3 Å². The molecule has 1 aliphatic heterocycles. The number of hydrogen-bond donors (Lipinski definition) is 2. The Morgan fingerprint density at radius 1 is 1.50 bits per heavy atom. The largest absolute Gasteiger partial charge is 0.534 e. The number of amidine groups is 1. The quantitative estimate of drug-likeness (QED) is 0.357. The first-order valence-corrected chi connectivity index (χ1v) is 9.18. The van der Waals surface area contributed by atoms with Crippen molar-refractivity contribution >= 4 is 20.1 Å². The second kappa shape index (κ2) is 5.15. The van der Waals surface area contributed by atoms with Gasteiger partial charge in [0.2, 0.25) is 8.32 Å². The molecule has 1 aliphatic rings. The summed E-state index contributed by atoms with van der Waals surface area (Å²) in [5, 5.41) is 23.0. The van der Waals surface area contributed by atoms with Crippen molar-refractivity contribution in [2.45, 2.75) is 45.4 Å². The standard InChI is InChI=1S/C10H20N4O3Si/c1-7-6-10(2,13-14-17-15)9(11)12-8(7)16-18(3,4)5/h7,11,15H,6H2,1-5H3. The third-order valence-corrected chi connectivity index (χ3v) is 3.39. The molecule has 7 nitrogen and oxygen atoms in total. The van der Waals surface area contributed by atoms with Gasteiger partial charge in [-0.1, -0.05) is 6.92 Å². The van der Waals surface area contributed by atoms with E-state index < -0.39 is 13.9 Å². The lowest BCUT2D eigenvalue weighted by atomic mass is 9.87. The van der Waals surface area contributed by atoms with E-state index in [1.165, 1.54) is 0 Å². The lowest BCUT2D eigenvalue weighted by molar-refractivity contribution is -0.252. The zero-order chi connectivity index (χ0) is 14.0. The Morgan fingerprint density at radius 2 is 2.11 bits per heavy atom. The van der Waals surface area contributed by atoms with Gasteiger partial charge in [-0.05, 0) is 33.0 Å². The topological polar surface area (TPSA) is 99.6 Å². The molecule has 0 aromatic heterocycles. The molecule has 0 saturated carbocycles. The monoisotopic (exact) mass is 272 g/mol. The Bertz CT molecular complexity index is 391. The molecular formula is C10H20N4O3Si. The van der Waals surface area contributed by atoms with Gasteiger partial charge in [0.15, 0.2) is 11.7 Å². The summed E-state index contributed by atoms with van der Waals surface area (Å²) in [5.74, 6) is 0.708. The van der Waals surface area contributed by atoms with Crippen molar-refractivity contribution in [3.05, 3.63) is 0 Å². The van der Waals surface area contributed by atoms with Gasteiger partial charge >= 0.3 is 0 Å². The Labute approximate surface area is 107 Å². The van der Waals surface area contributed by atoms with E-state index in [1.807, 2.05) is 6.92 Å². The highest BCUT2D eigenvalue weighted by Crippen LogP contribution is 2.30.